The molecule has 0 saturated carbocycles. The van der Waals surface area contributed by atoms with Gasteiger partial charge in [-0.3, -0.25) is 0 Å². The standard InChI is InChI=1S/C28H29/c1-4-5-11-21-18-23-16-17-24(20(2)3)28(27(23)19-21)26-15-10-9-14-25(26)22-12-7-6-8-13-22/h6-10,12-20H,4-5,11H2,1-3H3. The van der Waals surface area contributed by atoms with Gasteiger partial charge in [0.2, 0.25) is 0 Å². The van der Waals surface area contributed by atoms with Crippen LogP contribution in [0.1, 0.15) is 62.6 Å². The number of hydrogen-bond acceptors (Lipinski definition) is 0. The van der Waals surface area contributed by atoms with Crippen LogP contribution in [0.4, 0.5) is 0 Å². The van der Waals surface area contributed by atoms with E-state index in [1.54, 1.807) is 0 Å². The van der Waals surface area contributed by atoms with Gasteiger partial charge in [-0.1, -0.05) is 106 Å². The van der Waals surface area contributed by atoms with Crippen molar-refractivity contribution in [2.24, 2.45) is 0 Å². The second-order valence-electron chi connectivity index (χ2n) is 8.07. The monoisotopic (exact) mass is 365 g/mol. The largest absolute Gasteiger partial charge is 0.0654 e. The summed E-state index contributed by atoms with van der Waals surface area (Å²) >= 11 is 0. The van der Waals surface area contributed by atoms with Crippen molar-refractivity contribution in [1.29, 1.82) is 0 Å². The van der Waals surface area contributed by atoms with Crippen molar-refractivity contribution >= 4 is 6.08 Å². The highest BCUT2D eigenvalue weighted by Crippen LogP contribution is 2.44. The highest BCUT2D eigenvalue weighted by Gasteiger charge is 2.22. The lowest BCUT2D eigenvalue weighted by Gasteiger charge is -2.20. The Morgan fingerprint density at radius 2 is 1.50 bits per heavy atom. The molecule has 0 N–H and O–H groups in total. The minimum atomic E-state index is 0.484. The summed E-state index contributed by atoms with van der Waals surface area (Å²) in [6, 6.07) is 24.3. The smallest absolute Gasteiger partial charge is 0.0164 e. The molecule has 1 radical (unpaired) electrons. The predicted octanol–water partition coefficient (Wildman–Crippen LogP) is 8.28. The first-order valence-electron chi connectivity index (χ1n) is 10.6. The summed E-state index contributed by atoms with van der Waals surface area (Å²) in [7, 11) is 0. The Balaban J connectivity index is 1.92. The molecule has 0 nitrogen and oxygen atoms in total. The molecule has 0 unspecified atom stereocenters. The number of allylic oxidation sites excluding steroid dienone is 1. The van der Waals surface area contributed by atoms with Crippen LogP contribution >= 0.6 is 0 Å². The highest BCUT2D eigenvalue weighted by molar-refractivity contribution is 5.92. The molecule has 3 aromatic rings. The molecule has 0 aliphatic heterocycles. The molecular formula is C28H29. The lowest BCUT2D eigenvalue weighted by molar-refractivity contribution is 0.797. The van der Waals surface area contributed by atoms with E-state index >= 15 is 0 Å². The van der Waals surface area contributed by atoms with E-state index < -0.39 is 0 Å². The van der Waals surface area contributed by atoms with Crippen molar-refractivity contribution in [1.82, 2.24) is 0 Å². The summed E-state index contributed by atoms with van der Waals surface area (Å²) in [4.78, 5) is 0. The van der Waals surface area contributed by atoms with Crippen LogP contribution in [0.25, 0.3) is 28.3 Å². The molecule has 1 aliphatic carbocycles. The number of hydrogen-bond donors (Lipinski definition) is 0. The number of fused-ring (bicyclic) bond motifs is 1. The molecule has 3 aromatic carbocycles. The first-order valence-corrected chi connectivity index (χ1v) is 10.6. The Hall–Kier alpha value is -2.60. The van der Waals surface area contributed by atoms with Crippen LogP contribution in [0, 0.1) is 6.42 Å². The van der Waals surface area contributed by atoms with Gasteiger partial charge in [0.05, 0.1) is 0 Å². The van der Waals surface area contributed by atoms with E-state index in [1.807, 2.05) is 0 Å². The van der Waals surface area contributed by atoms with Crippen molar-refractivity contribution in [2.45, 2.75) is 46.0 Å². The van der Waals surface area contributed by atoms with E-state index in [0.29, 0.717) is 5.92 Å². The van der Waals surface area contributed by atoms with E-state index in [1.165, 1.54) is 63.8 Å². The fourth-order valence-corrected chi connectivity index (χ4v) is 4.24. The topological polar surface area (TPSA) is 0 Å². The van der Waals surface area contributed by atoms with Crippen molar-refractivity contribution in [3.05, 3.63) is 95.4 Å². The molecule has 0 saturated heterocycles. The summed E-state index contributed by atoms with van der Waals surface area (Å²) < 4.78 is 0. The van der Waals surface area contributed by atoms with Crippen molar-refractivity contribution in [2.75, 3.05) is 0 Å². The Morgan fingerprint density at radius 1 is 0.786 bits per heavy atom. The maximum Gasteiger partial charge on any atom is 0.0164 e. The van der Waals surface area contributed by atoms with Gasteiger partial charge in [-0.2, -0.15) is 0 Å². The molecule has 0 bridgehead atoms. The fourth-order valence-electron chi connectivity index (χ4n) is 4.24. The van der Waals surface area contributed by atoms with Crippen molar-refractivity contribution in [3.8, 4) is 22.3 Å². The Morgan fingerprint density at radius 3 is 2.21 bits per heavy atom. The molecular weight excluding hydrogens is 336 g/mol. The molecule has 0 fully saturated rings. The molecule has 1 aliphatic rings. The maximum absolute atomic E-state index is 2.44. The van der Waals surface area contributed by atoms with Gasteiger partial charge in [0.25, 0.3) is 0 Å². The zero-order valence-corrected chi connectivity index (χ0v) is 17.2. The molecule has 0 heterocycles. The van der Waals surface area contributed by atoms with E-state index in [-0.39, 0.29) is 0 Å². The van der Waals surface area contributed by atoms with Crippen molar-refractivity contribution < 1.29 is 0 Å². The second-order valence-corrected chi connectivity index (χ2v) is 8.07. The maximum atomic E-state index is 2.44. The number of unbranched alkanes of at least 4 members (excludes halogenated alkanes) is 1. The lowest BCUT2D eigenvalue weighted by atomic mass is 9.84. The van der Waals surface area contributed by atoms with Crippen LogP contribution < -0.4 is 0 Å². The molecule has 0 atom stereocenters. The third-order valence-electron chi connectivity index (χ3n) is 5.70. The lowest BCUT2D eigenvalue weighted by Crippen LogP contribution is -1.98. The second kappa shape index (κ2) is 8.19. The fraction of sp³-hybridized carbons (Fsp3) is 0.250. The van der Waals surface area contributed by atoms with Gasteiger partial charge >= 0.3 is 0 Å². The van der Waals surface area contributed by atoms with E-state index in [9.17, 15) is 0 Å². The van der Waals surface area contributed by atoms with Gasteiger partial charge in [0.15, 0.2) is 0 Å². The first kappa shape index (κ1) is 18.7. The SMILES string of the molecule is CCCCC1=Cc2c(ccc(C(C)C)c2-c2ccccc2-c2ccccc2)[CH]1. The summed E-state index contributed by atoms with van der Waals surface area (Å²) in [6.45, 7) is 6.87. The number of benzene rings is 3. The molecule has 0 heteroatoms. The van der Waals surface area contributed by atoms with Crippen LogP contribution in [0.15, 0.2) is 72.3 Å². The highest BCUT2D eigenvalue weighted by atomic mass is 14.3. The van der Waals surface area contributed by atoms with Crippen LogP contribution in [-0.2, 0) is 0 Å². The van der Waals surface area contributed by atoms with E-state index in [4.69, 9.17) is 0 Å². The minimum Gasteiger partial charge on any atom is -0.0654 e. The predicted molar refractivity (Wildman–Crippen MR) is 122 cm³/mol. The summed E-state index contributed by atoms with van der Waals surface area (Å²) in [5.74, 6) is 0.484. The van der Waals surface area contributed by atoms with Crippen LogP contribution in [0.2, 0.25) is 0 Å². The molecule has 0 amide bonds. The van der Waals surface area contributed by atoms with Crippen molar-refractivity contribution in [3.63, 3.8) is 0 Å². The average molecular weight is 366 g/mol. The first-order chi connectivity index (χ1) is 13.7. The summed E-state index contributed by atoms with van der Waals surface area (Å²) in [5, 5.41) is 0. The Labute approximate surface area is 169 Å². The zero-order valence-electron chi connectivity index (χ0n) is 17.2. The van der Waals surface area contributed by atoms with Gasteiger partial charge in [0.1, 0.15) is 0 Å². The molecule has 4 rings (SSSR count). The molecule has 28 heavy (non-hydrogen) atoms. The van der Waals surface area contributed by atoms with E-state index in [2.05, 4.69) is 100.0 Å². The normalized spacial score (nSPS) is 12.9. The molecule has 0 spiro atoms. The molecule has 0 aromatic heterocycles. The van der Waals surface area contributed by atoms with Gasteiger partial charge in [-0.05, 0) is 57.7 Å². The van der Waals surface area contributed by atoms with Gasteiger partial charge < -0.3 is 0 Å². The molecule has 141 valence electrons. The third-order valence-corrected chi connectivity index (χ3v) is 5.70. The Bertz CT molecular complexity index is 990. The van der Waals surface area contributed by atoms with Crippen LogP contribution in [0.5, 0.6) is 0 Å². The third kappa shape index (κ3) is 3.56. The summed E-state index contributed by atoms with van der Waals surface area (Å²) in [5.41, 5.74) is 11.0. The zero-order chi connectivity index (χ0) is 19.5. The quantitative estimate of drug-likeness (QED) is 0.412. The van der Waals surface area contributed by atoms with Gasteiger partial charge in [-0.15, -0.1) is 0 Å². The van der Waals surface area contributed by atoms with Gasteiger partial charge in [0, 0.05) is 6.42 Å². The summed E-state index contributed by atoms with van der Waals surface area (Å²) in [6.07, 6.45) is 8.49. The van der Waals surface area contributed by atoms with Crippen LogP contribution in [-0.4, -0.2) is 0 Å². The Kier molecular flexibility index (Phi) is 5.48. The number of rotatable bonds is 6. The average Bonchev–Trinajstić information content (AvgIpc) is 3.15. The van der Waals surface area contributed by atoms with Crippen LogP contribution in [0.3, 0.4) is 0 Å². The minimum absolute atomic E-state index is 0.484. The van der Waals surface area contributed by atoms with Gasteiger partial charge in [-0.25, -0.2) is 0 Å². The van der Waals surface area contributed by atoms with E-state index in [0.717, 1.165) is 0 Å².